The van der Waals surface area contributed by atoms with Gasteiger partial charge in [-0.25, -0.2) is 0 Å². The predicted octanol–water partition coefficient (Wildman–Crippen LogP) is 4.11. The Morgan fingerprint density at radius 1 is 1.41 bits per heavy atom. The molecule has 1 aromatic rings. The van der Waals surface area contributed by atoms with Crippen LogP contribution in [0.1, 0.15) is 38.3 Å². The highest BCUT2D eigenvalue weighted by atomic mass is 35.5. The molecule has 1 rings (SSSR count). The molecule has 1 heterocycles. The minimum atomic E-state index is 0.218. The number of aliphatic hydroxyl groups excluding tert-OH is 1. The lowest BCUT2D eigenvalue weighted by atomic mass is 10.1. The molecule has 0 aliphatic rings. The van der Waals surface area contributed by atoms with Crippen LogP contribution in [0.3, 0.4) is 0 Å². The van der Waals surface area contributed by atoms with Crippen LogP contribution >= 0.6 is 34.5 Å². The summed E-state index contributed by atoms with van der Waals surface area (Å²) in [6, 6.07) is 2.14. The van der Waals surface area contributed by atoms with Gasteiger partial charge in [-0.15, -0.1) is 11.3 Å². The molecular weight excluding hydrogens is 277 g/mol. The Morgan fingerprint density at radius 3 is 2.65 bits per heavy atom. The maximum atomic E-state index is 8.91. The smallest absolute Gasteiger partial charge is 0.0991 e. The largest absolute Gasteiger partial charge is 0.396 e. The quantitative estimate of drug-likeness (QED) is 0.742. The van der Waals surface area contributed by atoms with Crippen LogP contribution in [0.25, 0.3) is 0 Å². The van der Waals surface area contributed by atoms with E-state index in [-0.39, 0.29) is 12.6 Å². The van der Waals surface area contributed by atoms with Gasteiger partial charge in [0.2, 0.25) is 0 Å². The SMILES string of the molecule is CC(CO)CCCNC(C)c1cc(Cl)sc1Cl. The van der Waals surface area contributed by atoms with E-state index in [4.69, 9.17) is 28.3 Å². The Labute approximate surface area is 117 Å². The second-order valence-electron chi connectivity index (χ2n) is 4.39. The van der Waals surface area contributed by atoms with Gasteiger partial charge >= 0.3 is 0 Å². The normalized spacial score (nSPS) is 14.9. The predicted molar refractivity (Wildman–Crippen MR) is 76.2 cm³/mol. The summed E-state index contributed by atoms with van der Waals surface area (Å²) in [4.78, 5) is 0. The molecule has 2 N–H and O–H groups in total. The van der Waals surface area contributed by atoms with E-state index in [0.717, 1.165) is 33.6 Å². The van der Waals surface area contributed by atoms with Crippen molar-refractivity contribution >= 4 is 34.5 Å². The van der Waals surface area contributed by atoms with E-state index in [1.54, 1.807) is 0 Å². The summed E-state index contributed by atoms with van der Waals surface area (Å²) in [6.07, 6.45) is 2.09. The minimum Gasteiger partial charge on any atom is -0.396 e. The summed E-state index contributed by atoms with van der Waals surface area (Å²) in [6.45, 7) is 5.33. The van der Waals surface area contributed by atoms with E-state index in [0.29, 0.717) is 5.92 Å². The van der Waals surface area contributed by atoms with Crippen LogP contribution in [0.4, 0.5) is 0 Å². The number of nitrogens with one attached hydrogen (secondary N) is 1. The highest BCUT2D eigenvalue weighted by Crippen LogP contribution is 2.34. The van der Waals surface area contributed by atoms with Crippen LogP contribution in [0.15, 0.2) is 6.07 Å². The first-order valence-electron chi connectivity index (χ1n) is 5.83. The van der Waals surface area contributed by atoms with Gasteiger partial charge in [0.25, 0.3) is 0 Å². The molecule has 98 valence electrons. The van der Waals surface area contributed by atoms with Gasteiger partial charge in [0.15, 0.2) is 0 Å². The maximum Gasteiger partial charge on any atom is 0.0991 e. The Kier molecular flexibility index (Phi) is 6.82. The van der Waals surface area contributed by atoms with Crippen molar-refractivity contribution in [1.29, 1.82) is 0 Å². The molecular formula is C12H19Cl2NOS. The zero-order chi connectivity index (χ0) is 12.8. The van der Waals surface area contributed by atoms with Gasteiger partial charge in [-0.3, -0.25) is 0 Å². The van der Waals surface area contributed by atoms with Gasteiger partial charge in [-0.1, -0.05) is 30.1 Å². The van der Waals surface area contributed by atoms with E-state index >= 15 is 0 Å². The third kappa shape index (κ3) is 5.14. The summed E-state index contributed by atoms with van der Waals surface area (Å²) in [5.74, 6) is 0.381. The molecule has 0 fully saturated rings. The Hall–Kier alpha value is 0.200. The van der Waals surface area contributed by atoms with E-state index in [9.17, 15) is 0 Å². The lowest BCUT2D eigenvalue weighted by Gasteiger charge is -2.14. The van der Waals surface area contributed by atoms with Crippen molar-refractivity contribution in [2.45, 2.75) is 32.7 Å². The van der Waals surface area contributed by atoms with Crippen molar-refractivity contribution in [1.82, 2.24) is 5.32 Å². The first kappa shape index (κ1) is 15.3. The standard InChI is InChI=1S/C12H19Cl2NOS/c1-8(7-16)4-3-5-15-9(2)10-6-11(13)17-12(10)14/h6,8-9,15-16H,3-5,7H2,1-2H3. The molecule has 0 amide bonds. The van der Waals surface area contributed by atoms with Crippen molar-refractivity contribution in [2.24, 2.45) is 5.92 Å². The molecule has 0 bridgehead atoms. The Morgan fingerprint density at radius 2 is 2.12 bits per heavy atom. The van der Waals surface area contributed by atoms with Gasteiger partial charge in [0.1, 0.15) is 0 Å². The van der Waals surface area contributed by atoms with Crippen LogP contribution in [0, 0.1) is 5.92 Å². The van der Waals surface area contributed by atoms with Crippen molar-refractivity contribution in [3.63, 3.8) is 0 Å². The minimum absolute atomic E-state index is 0.218. The second-order valence-corrected chi connectivity index (χ2v) is 6.67. The highest BCUT2D eigenvalue weighted by molar-refractivity contribution is 7.20. The van der Waals surface area contributed by atoms with Crippen LogP contribution in [0.5, 0.6) is 0 Å². The second kappa shape index (κ2) is 7.59. The van der Waals surface area contributed by atoms with Crippen molar-refractivity contribution in [2.75, 3.05) is 13.2 Å². The fourth-order valence-electron chi connectivity index (χ4n) is 1.62. The number of hydrogen-bond acceptors (Lipinski definition) is 3. The number of aliphatic hydroxyl groups is 1. The molecule has 0 radical (unpaired) electrons. The Bertz CT molecular complexity index is 343. The monoisotopic (exact) mass is 295 g/mol. The lowest BCUT2D eigenvalue weighted by molar-refractivity contribution is 0.227. The summed E-state index contributed by atoms with van der Waals surface area (Å²) in [5.41, 5.74) is 1.07. The first-order chi connectivity index (χ1) is 8.04. The fourth-order valence-corrected chi connectivity index (χ4v) is 3.26. The molecule has 0 spiro atoms. The molecule has 0 aromatic carbocycles. The molecule has 0 aliphatic carbocycles. The average molecular weight is 296 g/mol. The number of halogens is 2. The van der Waals surface area contributed by atoms with Crippen molar-refractivity contribution in [3.8, 4) is 0 Å². The number of thiophene rings is 1. The van der Waals surface area contributed by atoms with Crippen molar-refractivity contribution < 1.29 is 5.11 Å². The molecule has 17 heavy (non-hydrogen) atoms. The zero-order valence-electron chi connectivity index (χ0n) is 10.2. The zero-order valence-corrected chi connectivity index (χ0v) is 12.5. The Balaban J connectivity index is 2.30. The topological polar surface area (TPSA) is 32.3 Å². The lowest BCUT2D eigenvalue weighted by Crippen LogP contribution is -2.20. The average Bonchev–Trinajstić information content (AvgIpc) is 2.63. The number of rotatable bonds is 7. The van der Waals surface area contributed by atoms with E-state index in [1.165, 1.54) is 11.3 Å². The molecule has 0 saturated heterocycles. The third-order valence-corrected chi connectivity index (χ3v) is 4.30. The summed E-state index contributed by atoms with van der Waals surface area (Å²) >= 11 is 13.4. The highest BCUT2D eigenvalue weighted by Gasteiger charge is 2.12. The van der Waals surface area contributed by atoms with Gasteiger partial charge < -0.3 is 10.4 Å². The van der Waals surface area contributed by atoms with Crippen molar-refractivity contribution in [3.05, 3.63) is 20.3 Å². The summed E-state index contributed by atoms with van der Waals surface area (Å²) in [7, 11) is 0. The molecule has 1 aromatic heterocycles. The molecule has 0 saturated carbocycles. The fraction of sp³-hybridized carbons (Fsp3) is 0.667. The van der Waals surface area contributed by atoms with Crippen LogP contribution < -0.4 is 5.32 Å². The van der Waals surface area contributed by atoms with Crippen LogP contribution in [-0.4, -0.2) is 18.3 Å². The van der Waals surface area contributed by atoms with Gasteiger partial charge in [-0.05, 0) is 43.9 Å². The molecule has 0 aliphatic heterocycles. The molecule has 2 nitrogen and oxygen atoms in total. The maximum absolute atomic E-state index is 8.91. The van der Waals surface area contributed by atoms with E-state index < -0.39 is 0 Å². The van der Waals surface area contributed by atoms with Crippen LogP contribution in [-0.2, 0) is 0 Å². The summed E-state index contributed by atoms with van der Waals surface area (Å²) < 4.78 is 1.49. The first-order valence-corrected chi connectivity index (χ1v) is 7.40. The van der Waals surface area contributed by atoms with Crippen LogP contribution in [0.2, 0.25) is 8.67 Å². The van der Waals surface area contributed by atoms with Gasteiger partial charge in [-0.2, -0.15) is 0 Å². The molecule has 2 unspecified atom stereocenters. The number of hydrogen-bond donors (Lipinski definition) is 2. The van der Waals surface area contributed by atoms with E-state index in [1.807, 2.05) is 6.07 Å². The van der Waals surface area contributed by atoms with Gasteiger partial charge in [0.05, 0.1) is 8.67 Å². The summed E-state index contributed by atoms with van der Waals surface area (Å²) in [5, 5.41) is 12.3. The molecule has 5 heteroatoms. The van der Waals surface area contributed by atoms with E-state index in [2.05, 4.69) is 19.2 Å². The molecule has 2 atom stereocenters. The van der Waals surface area contributed by atoms with Gasteiger partial charge in [0, 0.05) is 12.6 Å². The third-order valence-electron chi connectivity index (χ3n) is 2.79.